The van der Waals surface area contributed by atoms with Crippen molar-refractivity contribution in [1.29, 1.82) is 0 Å². The van der Waals surface area contributed by atoms with Crippen molar-refractivity contribution in [3.8, 4) is 34.0 Å². The highest BCUT2D eigenvalue weighted by atomic mass is 19.1. The summed E-state index contributed by atoms with van der Waals surface area (Å²) < 4.78 is 21.3. The number of aryl methyl sites for hydroxylation is 2. The van der Waals surface area contributed by atoms with Crippen molar-refractivity contribution >= 4 is 28.4 Å². The lowest BCUT2D eigenvalue weighted by Crippen LogP contribution is -2.11. The molecule has 0 unspecified atom stereocenters. The quantitative estimate of drug-likeness (QED) is 0.269. The number of halogens is 1. The Kier molecular flexibility index (Phi) is 6.03. The molecule has 0 spiro atoms. The third-order valence-corrected chi connectivity index (χ3v) is 6.75. The van der Waals surface area contributed by atoms with Gasteiger partial charge in [-0.05, 0) is 60.4 Å². The van der Waals surface area contributed by atoms with E-state index in [1.165, 1.54) is 0 Å². The molecule has 1 aliphatic rings. The zero-order valence-corrected chi connectivity index (χ0v) is 21.5. The minimum Gasteiger partial charge on any atom is -0.439 e. The zero-order valence-electron chi connectivity index (χ0n) is 21.5. The van der Waals surface area contributed by atoms with E-state index in [2.05, 4.69) is 44.3 Å². The Bertz CT molecular complexity index is 1760. The van der Waals surface area contributed by atoms with Gasteiger partial charge in [-0.15, -0.1) is 0 Å². The number of hydrogen-bond acceptors (Lipinski definition) is 6. The summed E-state index contributed by atoms with van der Waals surface area (Å²) in [5.41, 5.74) is 7.17. The van der Waals surface area contributed by atoms with Gasteiger partial charge in [-0.3, -0.25) is 4.79 Å². The Balaban J connectivity index is 1.49. The fourth-order valence-corrected chi connectivity index (χ4v) is 4.99. The van der Waals surface area contributed by atoms with E-state index >= 15 is 0 Å². The molecule has 5 aromatic rings. The number of benzene rings is 2. The number of nitrogens with zero attached hydrogens (tertiary/aromatic N) is 4. The molecule has 2 N–H and O–H groups in total. The van der Waals surface area contributed by atoms with E-state index in [4.69, 9.17) is 4.74 Å². The highest BCUT2D eigenvalue weighted by molar-refractivity contribution is 6.09. The maximum absolute atomic E-state index is 13.2. The normalized spacial score (nSPS) is 12.2. The number of amides is 1. The second-order valence-corrected chi connectivity index (χ2v) is 9.35. The van der Waals surface area contributed by atoms with Gasteiger partial charge in [-0.2, -0.15) is 0 Å². The summed E-state index contributed by atoms with van der Waals surface area (Å²) in [6.45, 7) is 5.67. The van der Waals surface area contributed by atoms with E-state index in [-0.39, 0.29) is 0 Å². The Labute approximate surface area is 224 Å². The number of hydrogen-bond donors (Lipinski definition) is 2. The van der Waals surface area contributed by atoms with E-state index in [0.29, 0.717) is 23.9 Å². The lowest BCUT2D eigenvalue weighted by Gasteiger charge is -2.18. The third kappa shape index (κ3) is 4.48. The van der Waals surface area contributed by atoms with Crippen molar-refractivity contribution in [3.05, 3.63) is 90.7 Å². The van der Waals surface area contributed by atoms with Gasteiger partial charge in [0.05, 0.1) is 11.1 Å². The van der Waals surface area contributed by atoms with Crippen LogP contribution in [-0.4, -0.2) is 32.0 Å². The van der Waals surface area contributed by atoms with Gasteiger partial charge >= 0.3 is 0 Å². The molecule has 6 rings (SSSR count). The van der Waals surface area contributed by atoms with Crippen LogP contribution in [0, 0.1) is 6.92 Å². The molecule has 0 saturated heterocycles. The van der Waals surface area contributed by atoms with Crippen molar-refractivity contribution in [2.75, 3.05) is 17.2 Å². The molecule has 0 radical (unpaired) electrons. The molecule has 8 nitrogen and oxygen atoms in total. The topological polar surface area (TPSA) is 94.0 Å². The number of rotatable bonds is 5. The van der Waals surface area contributed by atoms with Crippen LogP contribution in [-0.2, 0) is 18.3 Å². The maximum atomic E-state index is 13.2. The molecule has 0 fully saturated rings. The fourth-order valence-electron chi connectivity index (χ4n) is 4.99. The molecule has 39 heavy (non-hydrogen) atoms. The predicted octanol–water partition coefficient (Wildman–Crippen LogP) is 6.19. The molecular weight excluding hydrogens is 495 g/mol. The highest BCUT2D eigenvalue weighted by Gasteiger charge is 2.26. The molecule has 9 heteroatoms. The largest absolute Gasteiger partial charge is 0.439 e. The third-order valence-electron chi connectivity index (χ3n) is 6.75. The van der Waals surface area contributed by atoms with Crippen molar-refractivity contribution in [2.45, 2.75) is 13.3 Å². The van der Waals surface area contributed by atoms with Gasteiger partial charge in [-0.25, -0.2) is 19.3 Å². The minimum atomic E-state index is -1.04. The lowest BCUT2D eigenvalue weighted by atomic mass is 9.92. The molecule has 3 aromatic heterocycles. The smallest absolute Gasteiger partial charge is 0.283 e. The Hall–Kier alpha value is -5.05. The second-order valence-electron chi connectivity index (χ2n) is 9.35. The van der Waals surface area contributed by atoms with E-state index in [0.717, 1.165) is 56.9 Å². The van der Waals surface area contributed by atoms with Gasteiger partial charge in [0.2, 0.25) is 5.88 Å². The van der Waals surface area contributed by atoms with E-state index in [9.17, 15) is 9.18 Å². The van der Waals surface area contributed by atoms with Crippen LogP contribution in [0.3, 0.4) is 0 Å². The predicted molar refractivity (Wildman–Crippen MR) is 150 cm³/mol. The first-order valence-electron chi connectivity index (χ1n) is 12.5. The maximum Gasteiger partial charge on any atom is 0.283 e. The average molecular weight is 521 g/mol. The molecule has 1 amide bonds. The minimum absolute atomic E-state index is 0.470. The molecule has 0 bridgehead atoms. The van der Waals surface area contributed by atoms with E-state index in [1.807, 2.05) is 54.9 Å². The molecule has 2 aromatic carbocycles. The number of pyridine rings is 1. The van der Waals surface area contributed by atoms with Crippen LogP contribution in [0.2, 0.25) is 0 Å². The molecule has 1 aliphatic heterocycles. The van der Waals surface area contributed by atoms with E-state index < -0.39 is 11.7 Å². The van der Waals surface area contributed by atoms with Crippen LogP contribution >= 0.6 is 0 Å². The first-order chi connectivity index (χ1) is 18.9. The van der Waals surface area contributed by atoms with Crippen LogP contribution in [0.5, 0.6) is 11.6 Å². The molecule has 0 saturated carbocycles. The van der Waals surface area contributed by atoms with Gasteiger partial charge in [0, 0.05) is 36.6 Å². The number of ether oxygens (including phenoxy) is 1. The first kappa shape index (κ1) is 24.3. The Morgan fingerprint density at radius 3 is 2.72 bits per heavy atom. The summed E-state index contributed by atoms with van der Waals surface area (Å²) in [6.07, 6.45) is 2.32. The van der Waals surface area contributed by atoms with Crippen LogP contribution < -0.4 is 15.4 Å². The van der Waals surface area contributed by atoms with Crippen LogP contribution in [0.25, 0.3) is 33.4 Å². The summed E-state index contributed by atoms with van der Waals surface area (Å²) in [4.78, 5) is 25.3. The molecule has 4 heterocycles. The number of carbonyl (C=O) groups is 1. The van der Waals surface area contributed by atoms with Crippen LogP contribution in [0.1, 0.15) is 11.3 Å². The number of anilines is 2. The fraction of sp³-hybridized carbons (Fsp3) is 0.133. The summed E-state index contributed by atoms with van der Waals surface area (Å²) in [7, 11) is 1.97. The summed E-state index contributed by atoms with van der Waals surface area (Å²) >= 11 is 0. The second kappa shape index (κ2) is 9.68. The number of fused-ring (bicyclic) bond motifs is 2. The number of nitrogens with one attached hydrogen (secondary N) is 2. The van der Waals surface area contributed by atoms with Crippen LogP contribution in [0.15, 0.2) is 79.4 Å². The summed E-state index contributed by atoms with van der Waals surface area (Å²) in [5, 5.41) is 6.90. The summed E-state index contributed by atoms with van der Waals surface area (Å²) in [6, 6.07) is 19.0. The molecular formula is C30H25FN6O2. The lowest BCUT2D eigenvalue weighted by molar-refractivity contribution is -0.114. The van der Waals surface area contributed by atoms with Gasteiger partial charge < -0.3 is 19.9 Å². The van der Waals surface area contributed by atoms with E-state index in [1.54, 1.807) is 18.5 Å². The van der Waals surface area contributed by atoms with Crippen molar-refractivity contribution in [3.63, 3.8) is 0 Å². The molecule has 194 valence electrons. The average Bonchev–Trinajstić information content (AvgIpc) is 3.21. The van der Waals surface area contributed by atoms with Crippen LogP contribution in [0.4, 0.5) is 15.9 Å². The monoisotopic (exact) mass is 520 g/mol. The van der Waals surface area contributed by atoms with Gasteiger partial charge in [0.25, 0.3) is 5.91 Å². The summed E-state index contributed by atoms with van der Waals surface area (Å²) in [5.74, 6) is 0.122. The molecule has 0 atom stereocenters. The first-order valence-corrected chi connectivity index (χ1v) is 12.5. The molecule has 0 aliphatic carbocycles. The number of carbonyl (C=O) groups excluding carboxylic acids is 1. The number of aromatic nitrogens is 4. The zero-order chi connectivity index (χ0) is 27.1. The Morgan fingerprint density at radius 1 is 1.13 bits per heavy atom. The van der Waals surface area contributed by atoms with Crippen molar-refractivity contribution in [2.24, 2.45) is 7.05 Å². The van der Waals surface area contributed by atoms with Crippen molar-refractivity contribution in [1.82, 2.24) is 19.5 Å². The van der Waals surface area contributed by atoms with Gasteiger partial charge in [-0.1, -0.05) is 30.8 Å². The Morgan fingerprint density at radius 2 is 1.95 bits per heavy atom. The van der Waals surface area contributed by atoms with Gasteiger partial charge in [0.1, 0.15) is 23.5 Å². The highest BCUT2D eigenvalue weighted by Crippen LogP contribution is 2.45. The SMILES string of the molecule is C=C(F)C(=O)Nc1ccc(-c2c3c4c(ncnc4n2C)NCCc2cc(Oc4cccc(C)n4)ccc2-3)cc1. The van der Waals surface area contributed by atoms with Gasteiger partial charge in [0.15, 0.2) is 5.83 Å². The standard InChI is InChI=1S/C30H25FN6O2/c1-17-5-4-6-24(35-17)39-22-11-12-23-20(15-22)13-14-32-28-26-25(23)27(37(3)29(26)34-16-33-28)19-7-9-21(10-8-19)36-30(38)18(2)31/h4-12,15-16H,2,13-14H2,1,3H3,(H,36,38)(H,32,33,34). The van der Waals surface area contributed by atoms with Crippen molar-refractivity contribution < 1.29 is 13.9 Å².